The molecule has 1 aromatic carbocycles. The van der Waals surface area contributed by atoms with E-state index in [2.05, 4.69) is 14.8 Å². The van der Waals surface area contributed by atoms with Gasteiger partial charge in [0.25, 0.3) is 6.01 Å². The summed E-state index contributed by atoms with van der Waals surface area (Å²) >= 11 is 0. The molecule has 0 aliphatic carbocycles. The number of aromatic nitrogens is 1. The minimum Gasteiger partial charge on any atom is -0.423 e. The van der Waals surface area contributed by atoms with Gasteiger partial charge in [0, 0.05) is 32.2 Å². The zero-order valence-electron chi connectivity index (χ0n) is 12.3. The number of para-hydroxylation sites is 2. The van der Waals surface area contributed by atoms with Crippen molar-refractivity contribution in [3.8, 4) is 0 Å². The third-order valence-electron chi connectivity index (χ3n) is 4.59. The number of hydrogen-bond acceptors (Lipinski definition) is 6. The number of rotatable bonds is 2. The maximum absolute atomic E-state index is 11.6. The van der Waals surface area contributed by atoms with Gasteiger partial charge in [-0.25, -0.2) is 8.42 Å². The lowest BCUT2D eigenvalue weighted by molar-refractivity contribution is 0.198. The Bertz CT molecular complexity index is 745. The topological polar surface area (TPSA) is 66.7 Å². The van der Waals surface area contributed by atoms with Crippen LogP contribution in [-0.2, 0) is 9.84 Å². The van der Waals surface area contributed by atoms with Crippen LogP contribution < -0.4 is 4.90 Å². The van der Waals surface area contributed by atoms with E-state index in [0.717, 1.165) is 43.7 Å². The number of anilines is 1. The molecule has 118 valence electrons. The highest BCUT2D eigenvalue weighted by Gasteiger charge is 2.34. The van der Waals surface area contributed by atoms with Crippen molar-refractivity contribution in [2.24, 2.45) is 0 Å². The summed E-state index contributed by atoms with van der Waals surface area (Å²) in [5.74, 6) is 0.652. The van der Waals surface area contributed by atoms with Crippen molar-refractivity contribution < 1.29 is 12.8 Å². The summed E-state index contributed by atoms with van der Waals surface area (Å²) in [5, 5.41) is 0. The summed E-state index contributed by atoms with van der Waals surface area (Å²) in [5.41, 5.74) is 1.68. The molecule has 4 rings (SSSR count). The number of piperazine rings is 1. The summed E-state index contributed by atoms with van der Waals surface area (Å²) in [6.07, 6.45) is 0.769. The first kappa shape index (κ1) is 14.0. The van der Waals surface area contributed by atoms with Gasteiger partial charge in [0.15, 0.2) is 15.4 Å². The Morgan fingerprint density at radius 3 is 2.59 bits per heavy atom. The van der Waals surface area contributed by atoms with Crippen LogP contribution in [0.5, 0.6) is 0 Å². The van der Waals surface area contributed by atoms with Crippen LogP contribution in [0.25, 0.3) is 11.1 Å². The van der Waals surface area contributed by atoms with Crippen LogP contribution in [0.4, 0.5) is 6.01 Å². The monoisotopic (exact) mass is 321 g/mol. The molecular formula is C15H19N3O3S. The van der Waals surface area contributed by atoms with Crippen molar-refractivity contribution in [1.29, 1.82) is 0 Å². The van der Waals surface area contributed by atoms with E-state index in [4.69, 9.17) is 4.42 Å². The van der Waals surface area contributed by atoms with Gasteiger partial charge in [-0.1, -0.05) is 12.1 Å². The smallest absolute Gasteiger partial charge is 0.298 e. The zero-order valence-corrected chi connectivity index (χ0v) is 13.1. The Balaban J connectivity index is 1.43. The largest absolute Gasteiger partial charge is 0.423 e. The van der Waals surface area contributed by atoms with Crippen LogP contribution in [0.2, 0.25) is 0 Å². The molecule has 0 N–H and O–H groups in total. The van der Waals surface area contributed by atoms with E-state index in [1.54, 1.807) is 0 Å². The summed E-state index contributed by atoms with van der Waals surface area (Å²) in [7, 11) is -2.81. The Kier molecular flexibility index (Phi) is 3.34. The number of oxazole rings is 1. The highest BCUT2D eigenvalue weighted by Crippen LogP contribution is 2.24. The molecule has 2 aromatic rings. The van der Waals surface area contributed by atoms with Crippen LogP contribution >= 0.6 is 0 Å². The van der Waals surface area contributed by atoms with E-state index in [1.807, 2.05) is 24.3 Å². The average molecular weight is 321 g/mol. The van der Waals surface area contributed by atoms with Crippen molar-refractivity contribution in [2.75, 3.05) is 42.6 Å². The average Bonchev–Trinajstić information content (AvgIpc) is 3.10. The first-order valence-electron chi connectivity index (χ1n) is 7.66. The molecule has 3 heterocycles. The number of hydrogen-bond donors (Lipinski definition) is 0. The molecule has 0 radical (unpaired) electrons. The number of nitrogens with zero attached hydrogens (tertiary/aromatic N) is 3. The van der Waals surface area contributed by atoms with Gasteiger partial charge >= 0.3 is 0 Å². The molecule has 0 amide bonds. The van der Waals surface area contributed by atoms with Gasteiger partial charge in [-0.2, -0.15) is 4.98 Å². The molecule has 0 unspecified atom stereocenters. The first-order chi connectivity index (χ1) is 10.6. The minimum atomic E-state index is -2.81. The molecule has 2 aliphatic heterocycles. The molecule has 7 heteroatoms. The fourth-order valence-electron chi connectivity index (χ4n) is 3.34. The van der Waals surface area contributed by atoms with Crippen molar-refractivity contribution in [2.45, 2.75) is 12.5 Å². The second kappa shape index (κ2) is 5.24. The Morgan fingerprint density at radius 2 is 1.91 bits per heavy atom. The fourth-order valence-corrected chi connectivity index (χ4v) is 5.10. The minimum absolute atomic E-state index is 0.191. The van der Waals surface area contributed by atoms with E-state index in [0.29, 0.717) is 17.5 Å². The molecule has 0 spiro atoms. The highest BCUT2D eigenvalue weighted by molar-refractivity contribution is 7.91. The molecule has 0 bridgehead atoms. The third-order valence-corrected chi connectivity index (χ3v) is 6.34. The van der Waals surface area contributed by atoms with Gasteiger partial charge < -0.3 is 9.32 Å². The molecule has 0 saturated carbocycles. The van der Waals surface area contributed by atoms with Crippen molar-refractivity contribution in [1.82, 2.24) is 9.88 Å². The zero-order chi connectivity index (χ0) is 15.2. The molecule has 1 aromatic heterocycles. The summed E-state index contributed by atoms with van der Waals surface area (Å²) in [4.78, 5) is 8.96. The van der Waals surface area contributed by atoms with Crippen molar-refractivity contribution in [3.05, 3.63) is 24.3 Å². The summed E-state index contributed by atoms with van der Waals surface area (Å²) in [6, 6.07) is 8.62. The molecule has 6 nitrogen and oxygen atoms in total. The van der Waals surface area contributed by atoms with Crippen LogP contribution in [0.3, 0.4) is 0 Å². The van der Waals surface area contributed by atoms with Crippen molar-refractivity contribution >= 4 is 27.0 Å². The van der Waals surface area contributed by atoms with Gasteiger partial charge in [0.1, 0.15) is 5.52 Å². The van der Waals surface area contributed by atoms with Crippen LogP contribution in [0.1, 0.15) is 6.42 Å². The van der Waals surface area contributed by atoms with Crippen molar-refractivity contribution in [3.63, 3.8) is 0 Å². The van der Waals surface area contributed by atoms with E-state index in [1.165, 1.54) is 0 Å². The predicted molar refractivity (Wildman–Crippen MR) is 84.9 cm³/mol. The van der Waals surface area contributed by atoms with E-state index >= 15 is 0 Å². The Labute approximate surface area is 129 Å². The van der Waals surface area contributed by atoms with Gasteiger partial charge in [0.05, 0.1) is 11.5 Å². The van der Waals surface area contributed by atoms with Gasteiger partial charge in [-0.05, 0) is 18.6 Å². The standard InChI is InChI=1S/C15H19N3O3S/c19-22(20)10-5-12(11-22)17-6-8-18(9-7-17)15-16-13-3-1-2-4-14(13)21-15/h1-4,12H,5-11H2/t12-/m1/s1. The third kappa shape index (κ3) is 2.59. The normalized spacial score (nSPS) is 25.8. The lowest BCUT2D eigenvalue weighted by Gasteiger charge is -2.36. The number of sulfone groups is 1. The highest BCUT2D eigenvalue weighted by atomic mass is 32.2. The molecule has 2 fully saturated rings. The molecular weight excluding hydrogens is 302 g/mol. The Morgan fingerprint density at radius 1 is 1.14 bits per heavy atom. The maximum atomic E-state index is 11.6. The summed E-state index contributed by atoms with van der Waals surface area (Å²) in [6.45, 7) is 3.37. The maximum Gasteiger partial charge on any atom is 0.298 e. The van der Waals surface area contributed by atoms with Gasteiger partial charge in [0.2, 0.25) is 0 Å². The SMILES string of the molecule is O=S1(=O)CC[C@@H](N2CCN(c3nc4ccccc4o3)CC2)C1. The van der Waals surface area contributed by atoms with Crippen LogP contribution in [0.15, 0.2) is 28.7 Å². The van der Waals surface area contributed by atoms with Crippen LogP contribution in [-0.4, -0.2) is 62.0 Å². The first-order valence-corrected chi connectivity index (χ1v) is 9.48. The number of benzene rings is 1. The van der Waals surface area contributed by atoms with Crippen LogP contribution in [0, 0.1) is 0 Å². The Hall–Kier alpha value is -1.60. The second-order valence-electron chi connectivity index (χ2n) is 6.04. The molecule has 2 aliphatic rings. The molecule has 1 atom stereocenters. The molecule has 2 saturated heterocycles. The fraction of sp³-hybridized carbons (Fsp3) is 0.533. The lowest BCUT2D eigenvalue weighted by Crippen LogP contribution is -2.50. The van der Waals surface area contributed by atoms with E-state index in [9.17, 15) is 8.42 Å². The predicted octanol–water partition coefficient (Wildman–Crippen LogP) is 1.14. The van der Waals surface area contributed by atoms with E-state index < -0.39 is 9.84 Å². The second-order valence-corrected chi connectivity index (χ2v) is 8.27. The lowest BCUT2D eigenvalue weighted by atomic mass is 10.2. The van der Waals surface area contributed by atoms with Gasteiger partial charge in [-0.3, -0.25) is 4.90 Å². The molecule has 22 heavy (non-hydrogen) atoms. The number of fused-ring (bicyclic) bond motifs is 1. The quantitative estimate of drug-likeness (QED) is 0.826. The van der Waals surface area contributed by atoms with Gasteiger partial charge in [-0.15, -0.1) is 0 Å². The summed E-state index contributed by atoms with van der Waals surface area (Å²) < 4.78 is 29.0. The van der Waals surface area contributed by atoms with E-state index in [-0.39, 0.29) is 6.04 Å².